The van der Waals surface area contributed by atoms with Gasteiger partial charge in [0.2, 0.25) is 0 Å². The molecule has 164 valence electrons. The highest BCUT2D eigenvalue weighted by Crippen LogP contribution is 2.42. The van der Waals surface area contributed by atoms with Gasteiger partial charge in [0.1, 0.15) is 11.5 Å². The van der Waals surface area contributed by atoms with Gasteiger partial charge in [-0.05, 0) is 61.0 Å². The van der Waals surface area contributed by atoms with Crippen LogP contribution in [0.4, 0.5) is 0 Å². The van der Waals surface area contributed by atoms with Crippen LogP contribution in [0.1, 0.15) is 84.0 Å². The molecule has 0 radical (unpaired) electrons. The fraction of sp³-hybridized carbons (Fsp3) is 0.750. The molecule has 1 heterocycles. The number of thioether (sulfide) groups is 1. The monoisotopic (exact) mass is 440 g/mol. The lowest BCUT2D eigenvalue weighted by molar-refractivity contribution is -0.139. The maximum Gasteiger partial charge on any atom is 0.353 e. The van der Waals surface area contributed by atoms with E-state index in [1.165, 1.54) is 74.5 Å². The number of aliphatic hydroxyl groups excluding tert-OH is 1. The lowest BCUT2D eigenvalue weighted by Crippen LogP contribution is -2.15. The van der Waals surface area contributed by atoms with Crippen LogP contribution in [0.5, 0.6) is 0 Å². The van der Waals surface area contributed by atoms with E-state index >= 15 is 0 Å². The number of allylic oxidation sites excluding steroid dienone is 2. The van der Waals surface area contributed by atoms with Gasteiger partial charge < -0.3 is 9.84 Å². The zero-order valence-corrected chi connectivity index (χ0v) is 19.4. The molecule has 1 N–H and O–H groups in total. The number of carbonyl (C=O) groups excluding carboxylic acids is 1. The summed E-state index contributed by atoms with van der Waals surface area (Å²) in [6.45, 7) is 2.14. The summed E-state index contributed by atoms with van der Waals surface area (Å²) < 4.78 is 4.99. The average molecular weight is 441 g/mol. The van der Waals surface area contributed by atoms with E-state index in [0.717, 1.165) is 25.2 Å². The van der Waals surface area contributed by atoms with Crippen molar-refractivity contribution in [1.29, 1.82) is 0 Å². The number of esters is 1. The van der Waals surface area contributed by atoms with Crippen LogP contribution < -0.4 is 0 Å². The van der Waals surface area contributed by atoms with Gasteiger partial charge in [-0.15, -0.1) is 11.6 Å². The SMILES string of the molecule is CCCCCCCC[C@H]1CC[C@@H](Cl)[C@@H]1CCCC1=CC=C=C(C(=O)OCCO)S1. The molecule has 2 aliphatic rings. The van der Waals surface area contributed by atoms with E-state index in [9.17, 15) is 4.79 Å². The molecule has 3 nitrogen and oxygen atoms in total. The van der Waals surface area contributed by atoms with Crippen LogP contribution >= 0.6 is 23.4 Å². The maximum atomic E-state index is 11.9. The number of unbranched alkanes of at least 4 members (excludes halogenated alkanes) is 5. The lowest BCUT2D eigenvalue weighted by Gasteiger charge is -2.22. The van der Waals surface area contributed by atoms with Gasteiger partial charge in [0.25, 0.3) is 0 Å². The number of rotatable bonds is 14. The molecule has 0 bridgehead atoms. The summed E-state index contributed by atoms with van der Waals surface area (Å²) in [6, 6.07) is 0. The zero-order chi connectivity index (χ0) is 20.9. The quantitative estimate of drug-likeness (QED) is 0.140. The first-order chi connectivity index (χ1) is 14.2. The second kappa shape index (κ2) is 14.4. The molecular formula is C24H37ClO3S. The standard InChI is InChI=1S/C24H37ClO3S/c1-2-3-4-5-6-7-10-19-15-16-22(25)21(19)13-8-11-20-12-9-14-23(29-20)24(27)28-18-17-26/h9,12,19,21-22,26H,2-8,10-11,13,15-18H2,1H3/t19-,21+,22+/m0/s1. The van der Waals surface area contributed by atoms with Crippen molar-refractivity contribution in [1.82, 2.24) is 0 Å². The van der Waals surface area contributed by atoms with Crippen LogP contribution in [0.2, 0.25) is 0 Å². The highest BCUT2D eigenvalue weighted by atomic mass is 35.5. The van der Waals surface area contributed by atoms with Crippen LogP contribution in [-0.4, -0.2) is 29.7 Å². The Bertz CT molecular complexity index is 595. The summed E-state index contributed by atoms with van der Waals surface area (Å²) in [7, 11) is 0. The van der Waals surface area contributed by atoms with Crippen molar-refractivity contribution in [3.05, 3.63) is 27.7 Å². The molecule has 1 saturated carbocycles. The molecule has 0 spiro atoms. The second-order valence-corrected chi connectivity index (χ2v) is 9.90. The molecule has 29 heavy (non-hydrogen) atoms. The van der Waals surface area contributed by atoms with Crippen LogP contribution in [0.3, 0.4) is 0 Å². The van der Waals surface area contributed by atoms with E-state index in [4.69, 9.17) is 21.4 Å². The fourth-order valence-corrected chi connectivity index (χ4v) is 5.79. The normalized spacial score (nSPS) is 23.8. The predicted octanol–water partition coefficient (Wildman–Crippen LogP) is 6.75. The number of halogens is 1. The minimum Gasteiger partial charge on any atom is -0.459 e. The topological polar surface area (TPSA) is 46.5 Å². The molecular weight excluding hydrogens is 404 g/mol. The fourth-order valence-electron chi connectivity index (χ4n) is 4.41. The average Bonchev–Trinajstić information content (AvgIpc) is 3.08. The first-order valence-electron chi connectivity index (χ1n) is 11.4. The van der Waals surface area contributed by atoms with Crippen molar-refractivity contribution in [2.45, 2.75) is 89.4 Å². The van der Waals surface area contributed by atoms with E-state index < -0.39 is 5.97 Å². The third-order valence-corrected chi connectivity index (χ3v) is 7.63. The largest absolute Gasteiger partial charge is 0.459 e. The Morgan fingerprint density at radius 3 is 2.79 bits per heavy atom. The Hall–Kier alpha value is -0.670. The number of hydrogen-bond donors (Lipinski definition) is 1. The molecule has 0 unspecified atom stereocenters. The lowest BCUT2D eigenvalue weighted by atomic mass is 9.86. The maximum absolute atomic E-state index is 11.9. The summed E-state index contributed by atoms with van der Waals surface area (Å²) in [5, 5.41) is 9.12. The van der Waals surface area contributed by atoms with Gasteiger partial charge in [0.05, 0.1) is 6.61 Å². The van der Waals surface area contributed by atoms with E-state index in [1.54, 1.807) is 6.08 Å². The molecule has 0 aromatic carbocycles. The summed E-state index contributed by atoms with van der Waals surface area (Å²) in [4.78, 5) is 13.6. The van der Waals surface area contributed by atoms with Gasteiger partial charge in [-0.3, -0.25) is 0 Å². The van der Waals surface area contributed by atoms with Crippen LogP contribution in [-0.2, 0) is 9.53 Å². The van der Waals surface area contributed by atoms with Gasteiger partial charge in [-0.2, -0.15) is 0 Å². The summed E-state index contributed by atoms with van der Waals surface area (Å²) >= 11 is 8.11. The Morgan fingerprint density at radius 2 is 2.00 bits per heavy atom. The second-order valence-electron chi connectivity index (χ2n) is 8.20. The molecule has 0 aromatic heterocycles. The van der Waals surface area contributed by atoms with Crippen molar-refractivity contribution in [2.24, 2.45) is 11.8 Å². The molecule has 2 rings (SSSR count). The number of carbonyl (C=O) groups is 1. The van der Waals surface area contributed by atoms with Crippen LogP contribution in [0.15, 0.2) is 27.7 Å². The third kappa shape index (κ3) is 8.92. The van der Waals surface area contributed by atoms with Crippen molar-refractivity contribution in [3.8, 4) is 0 Å². The molecule has 1 aliphatic carbocycles. The Morgan fingerprint density at radius 1 is 1.21 bits per heavy atom. The highest BCUT2D eigenvalue weighted by Gasteiger charge is 2.33. The Balaban J connectivity index is 1.68. The highest BCUT2D eigenvalue weighted by molar-refractivity contribution is 8.07. The van der Waals surface area contributed by atoms with E-state index in [1.807, 2.05) is 6.08 Å². The number of ether oxygens (including phenoxy) is 1. The minimum atomic E-state index is -0.401. The molecule has 0 saturated heterocycles. The molecule has 3 atom stereocenters. The van der Waals surface area contributed by atoms with E-state index in [2.05, 4.69) is 12.7 Å². The summed E-state index contributed by atoms with van der Waals surface area (Å²) in [5.74, 6) is 1.03. The van der Waals surface area contributed by atoms with Gasteiger partial charge in [0, 0.05) is 5.38 Å². The molecule has 1 aliphatic heterocycles. The third-order valence-electron chi connectivity index (χ3n) is 6.00. The Kier molecular flexibility index (Phi) is 12.2. The predicted molar refractivity (Wildman–Crippen MR) is 123 cm³/mol. The smallest absolute Gasteiger partial charge is 0.353 e. The summed E-state index contributed by atoms with van der Waals surface area (Å²) in [6.07, 6.45) is 19.0. The first kappa shape index (κ1) is 24.6. The number of aliphatic hydroxyl groups is 1. The number of hydrogen-bond acceptors (Lipinski definition) is 4. The molecule has 5 heteroatoms. The van der Waals surface area contributed by atoms with Crippen molar-refractivity contribution >= 4 is 29.3 Å². The van der Waals surface area contributed by atoms with E-state index in [-0.39, 0.29) is 13.2 Å². The van der Waals surface area contributed by atoms with Gasteiger partial charge >= 0.3 is 5.97 Å². The molecule has 0 amide bonds. The Labute approximate surface area is 186 Å². The van der Waals surface area contributed by atoms with Gasteiger partial charge in [0.15, 0.2) is 0 Å². The van der Waals surface area contributed by atoms with Crippen molar-refractivity contribution in [3.63, 3.8) is 0 Å². The van der Waals surface area contributed by atoms with Crippen molar-refractivity contribution < 1.29 is 14.6 Å². The van der Waals surface area contributed by atoms with Crippen LogP contribution in [0.25, 0.3) is 0 Å². The van der Waals surface area contributed by atoms with Crippen LogP contribution in [0, 0.1) is 11.8 Å². The number of alkyl halides is 1. The van der Waals surface area contributed by atoms with E-state index in [0.29, 0.717) is 16.2 Å². The van der Waals surface area contributed by atoms with Gasteiger partial charge in [-0.1, -0.05) is 69.4 Å². The van der Waals surface area contributed by atoms with Gasteiger partial charge in [-0.25, -0.2) is 4.79 Å². The molecule has 1 fully saturated rings. The molecule has 0 aromatic rings. The summed E-state index contributed by atoms with van der Waals surface area (Å²) in [5.41, 5.74) is 2.95. The minimum absolute atomic E-state index is 0.0302. The zero-order valence-electron chi connectivity index (χ0n) is 17.8. The van der Waals surface area contributed by atoms with Crippen molar-refractivity contribution in [2.75, 3.05) is 13.2 Å². The first-order valence-corrected chi connectivity index (χ1v) is 12.7.